The molecule has 2 aromatic carbocycles. The highest BCUT2D eigenvalue weighted by atomic mass is 16.5. The summed E-state index contributed by atoms with van der Waals surface area (Å²) in [7, 11) is 3.16. The van der Waals surface area contributed by atoms with E-state index < -0.39 is 0 Å². The minimum atomic E-state index is -0.314. The molecule has 168 valence electrons. The standard InChI is InChI=1S/C25H24N4O4/c1-32-22-10-9-18(16-23(22)33-2)20-8-5-15-29(28-20)25(31)19-6-3-4-7-21(19)27-24(30)17-11-13-26-14-12-17/h3-4,6-7,9-14,16H,5,8,15H2,1-2H3,(H,27,30). The predicted octanol–water partition coefficient (Wildman–Crippen LogP) is 3.99. The molecule has 1 aromatic heterocycles. The first-order valence-electron chi connectivity index (χ1n) is 10.5. The average molecular weight is 444 g/mol. The molecule has 0 fully saturated rings. The summed E-state index contributed by atoms with van der Waals surface area (Å²) < 4.78 is 10.7. The summed E-state index contributed by atoms with van der Waals surface area (Å²) in [5, 5.41) is 8.90. The van der Waals surface area contributed by atoms with Crippen LogP contribution in [0.1, 0.15) is 39.1 Å². The SMILES string of the molecule is COc1ccc(C2=NN(C(=O)c3ccccc3NC(=O)c3ccncc3)CCC2)cc1OC. The molecular weight excluding hydrogens is 420 g/mol. The van der Waals surface area contributed by atoms with Crippen molar-refractivity contribution in [3.05, 3.63) is 83.7 Å². The molecule has 33 heavy (non-hydrogen) atoms. The van der Waals surface area contributed by atoms with E-state index in [9.17, 15) is 9.59 Å². The molecule has 1 N–H and O–H groups in total. The summed E-state index contributed by atoms with van der Waals surface area (Å²) in [6.45, 7) is 0.488. The molecule has 8 nitrogen and oxygen atoms in total. The van der Waals surface area contributed by atoms with Crippen LogP contribution in [0.2, 0.25) is 0 Å². The number of aromatic nitrogens is 1. The lowest BCUT2D eigenvalue weighted by molar-refractivity contribution is 0.0752. The number of hydrogen-bond donors (Lipinski definition) is 1. The van der Waals surface area contributed by atoms with Gasteiger partial charge < -0.3 is 14.8 Å². The Labute approximate surface area is 191 Å². The van der Waals surface area contributed by atoms with Gasteiger partial charge in [0.1, 0.15) is 0 Å². The van der Waals surface area contributed by atoms with Crippen molar-refractivity contribution in [2.24, 2.45) is 5.10 Å². The number of amides is 2. The van der Waals surface area contributed by atoms with Crippen LogP contribution in [0.5, 0.6) is 11.5 Å². The molecule has 0 atom stereocenters. The normalized spacial score (nSPS) is 13.2. The number of ether oxygens (including phenoxy) is 2. The van der Waals surface area contributed by atoms with E-state index in [-0.39, 0.29) is 11.8 Å². The number of rotatable bonds is 6. The van der Waals surface area contributed by atoms with Crippen molar-refractivity contribution in [1.82, 2.24) is 9.99 Å². The second-order valence-electron chi connectivity index (χ2n) is 7.38. The van der Waals surface area contributed by atoms with Crippen molar-refractivity contribution in [3.8, 4) is 11.5 Å². The third kappa shape index (κ3) is 4.85. The van der Waals surface area contributed by atoms with E-state index in [4.69, 9.17) is 9.47 Å². The Hall–Kier alpha value is -4.20. The van der Waals surface area contributed by atoms with Crippen LogP contribution >= 0.6 is 0 Å². The molecule has 8 heteroatoms. The molecule has 0 radical (unpaired) electrons. The second kappa shape index (κ2) is 9.95. The molecule has 0 bridgehead atoms. The Balaban J connectivity index is 1.59. The Morgan fingerprint density at radius 2 is 1.73 bits per heavy atom. The number of nitrogens with one attached hydrogen (secondary N) is 1. The van der Waals surface area contributed by atoms with Gasteiger partial charge >= 0.3 is 0 Å². The van der Waals surface area contributed by atoms with Crippen LogP contribution in [0.25, 0.3) is 0 Å². The van der Waals surface area contributed by atoms with E-state index in [1.807, 2.05) is 18.2 Å². The fraction of sp³-hybridized carbons (Fsp3) is 0.200. The first-order valence-corrected chi connectivity index (χ1v) is 10.5. The number of pyridine rings is 1. The van der Waals surface area contributed by atoms with Crippen molar-refractivity contribution in [2.75, 3.05) is 26.1 Å². The molecule has 3 aromatic rings. The minimum Gasteiger partial charge on any atom is -0.493 e. The first-order chi connectivity index (χ1) is 16.1. The van der Waals surface area contributed by atoms with Crippen molar-refractivity contribution in [1.29, 1.82) is 0 Å². The summed E-state index contributed by atoms with van der Waals surface area (Å²) in [4.78, 5) is 29.9. The van der Waals surface area contributed by atoms with Crippen LogP contribution in [-0.2, 0) is 0 Å². The zero-order chi connectivity index (χ0) is 23.2. The highest BCUT2D eigenvalue weighted by Crippen LogP contribution is 2.29. The van der Waals surface area contributed by atoms with E-state index >= 15 is 0 Å². The van der Waals surface area contributed by atoms with E-state index in [0.717, 1.165) is 24.1 Å². The molecule has 1 aliphatic heterocycles. The van der Waals surface area contributed by atoms with Crippen LogP contribution < -0.4 is 14.8 Å². The van der Waals surface area contributed by atoms with E-state index in [0.29, 0.717) is 34.9 Å². The Bertz CT molecular complexity index is 1190. The van der Waals surface area contributed by atoms with Gasteiger partial charge in [-0.2, -0.15) is 5.10 Å². The number of para-hydroxylation sites is 1. The third-order valence-electron chi connectivity index (χ3n) is 5.32. The molecule has 0 saturated heterocycles. The van der Waals surface area contributed by atoms with Gasteiger partial charge in [0.15, 0.2) is 11.5 Å². The molecule has 0 saturated carbocycles. The molecule has 0 spiro atoms. The van der Waals surface area contributed by atoms with Gasteiger partial charge in [-0.1, -0.05) is 12.1 Å². The zero-order valence-electron chi connectivity index (χ0n) is 18.4. The Kier molecular flexibility index (Phi) is 6.64. The molecule has 4 rings (SSSR count). The second-order valence-corrected chi connectivity index (χ2v) is 7.38. The first kappa shape index (κ1) is 22.0. The lowest BCUT2D eigenvalue weighted by Gasteiger charge is -2.25. The van der Waals surface area contributed by atoms with Crippen LogP contribution in [0.4, 0.5) is 5.69 Å². The molecule has 1 aliphatic rings. The zero-order valence-corrected chi connectivity index (χ0v) is 18.4. The highest BCUT2D eigenvalue weighted by molar-refractivity contribution is 6.09. The summed E-state index contributed by atoms with van der Waals surface area (Å²) in [6, 6.07) is 15.7. The smallest absolute Gasteiger partial charge is 0.276 e. The molecular formula is C25H24N4O4. The van der Waals surface area contributed by atoms with Gasteiger partial charge in [-0.3, -0.25) is 14.6 Å². The fourth-order valence-corrected chi connectivity index (χ4v) is 3.62. The van der Waals surface area contributed by atoms with Crippen molar-refractivity contribution in [2.45, 2.75) is 12.8 Å². The number of anilines is 1. The number of carbonyl (C=O) groups excluding carboxylic acids is 2. The monoisotopic (exact) mass is 444 g/mol. The molecule has 0 aliphatic carbocycles. The van der Waals surface area contributed by atoms with Gasteiger partial charge in [0.25, 0.3) is 11.8 Å². The molecule has 2 amide bonds. The van der Waals surface area contributed by atoms with Crippen LogP contribution in [0.3, 0.4) is 0 Å². The quantitative estimate of drug-likeness (QED) is 0.621. The summed E-state index contributed by atoms with van der Waals surface area (Å²) in [5.41, 5.74) is 2.91. The predicted molar refractivity (Wildman–Crippen MR) is 125 cm³/mol. The van der Waals surface area contributed by atoms with Gasteiger partial charge in [0.05, 0.1) is 31.2 Å². The molecule has 2 heterocycles. The topological polar surface area (TPSA) is 93.1 Å². The summed E-state index contributed by atoms with van der Waals surface area (Å²) >= 11 is 0. The maximum atomic E-state index is 13.4. The number of carbonyl (C=O) groups is 2. The third-order valence-corrected chi connectivity index (χ3v) is 5.32. The lowest BCUT2D eigenvalue weighted by atomic mass is 10.0. The Morgan fingerprint density at radius 3 is 2.48 bits per heavy atom. The molecule has 0 unspecified atom stereocenters. The minimum absolute atomic E-state index is 0.279. The number of methoxy groups -OCH3 is 2. The van der Waals surface area contributed by atoms with Crippen LogP contribution in [0, 0.1) is 0 Å². The highest BCUT2D eigenvalue weighted by Gasteiger charge is 2.24. The maximum Gasteiger partial charge on any atom is 0.276 e. The largest absolute Gasteiger partial charge is 0.493 e. The average Bonchev–Trinajstić information content (AvgIpc) is 2.88. The van der Waals surface area contributed by atoms with Crippen molar-refractivity contribution in [3.63, 3.8) is 0 Å². The Morgan fingerprint density at radius 1 is 0.970 bits per heavy atom. The number of hydrazone groups is 1. The van der Waals surface area contributed by atoms with Crippen molar-refractivity contribution < 1.29 is 19.1 Å². The summed E-state index contributed by atoms with van der Waals surface area (Å²) in [5.74, 6) is 0.638. The van der Waals surface area contributed by atoms with E-state index in [2.05, 4.69) is 15.4 Å². The number of nitrogens with zero attached hydrogens (tertiary/aromatic N) is 3. The number of hydrogen-bond acceptors (Lipinski definition) is 6. The van der Waals surface area contributed by atoms with Gasteiger partial charge in [-0.05, 0) is 55.3 Å². The van der Waals surface area contributed by atoms with Crippen molar-refractivity contribution >= 4 is 23.2 Å². The maximum absolute atomic E-state index is 13.4. The lowest BCUT2D eigenvalue weighted by Crippen LogP contribution is -2.33. The van der Waals surface area contributed by atoms with E-state index in [1.54, 1.807) is 63.0 Å². The fourth-order valence-electron chi connectivity index (χ4n) is 3.62. The van der Waals surface area contributed by atoms with Crippen LogP contribution in [-0.4, -0.2) is 48.3 Å². The van der Waals surface area contributed by atoms with Gasteiger partial charge in [-0.25, -0.2) is 5.01 Å². The van der Waals surface area contributed by atoms with Gasteiger partial charge in [-0.15, -0.1) is 0 Å². The van der Waals surface area contributed by atoms with Gasteiger partial charge in [0.2, 0.25) is 0 Å². The van der Waals surface area contributed by atoms with E-state index in [1.165, 1.54) is 5.01 Å². The summed E-state index contributed by atoms with van der Waals surface area (Å²) in [6.07, 6.45) is 4.60. The van der Waals surface area contributed by atoms with Crippen LogP contribution in [0.15, 0.2) is 72.1 Å². The number of benzene rings is 2. The van der Waals surface area contributed by atoms with Gasteiger partial charge in [0, 0.05) is 30.1 Å².